The molecule has 1 aliphatic heterocycles. The molecule has 1 fully saturated rings. The molecule has 1 aromatic rings. The first-order valence-corrected chi connectivity index (χ1v) is 6.99. The van der Waals surface area contributed by atoms with Gasteiger partial charge < -0.3 is 4.90 Å². The van der Waals surface area contributed by atoms with Crippen LogP contribution in [0.1, 0.15) is 29.6 Å². The molecule has 21 heavy (non-hydrogen) atoms. The normalized spacial score (nSPS) is 18.6. The fourth-order valence-corrected chi connectivity index (χ4v) is 2.76. The molecule has 5 nitrogen and oxygen atoms in total. The van der Waals surface area contributed by atoms with Gasteiger partial charge >= 0.3 is 0 Å². The van der Waals surface area contributed by atoms with Gasteiger partial charge in [0, 0.05) is 18.5 Å². The van der Waals surface area contributed by atoms with Crippen LogP contribution in [-0.4, -0.2) is 34.2 Å². The molecule has 0 saturated carbocycles. The molecule has 1 atom stereocenters. The average molecular weight is 319 g/mol. The fourth-order valence-electron chi connectivity index (χ4n) is 2.44. The van der Waals surface area contributed by atoms with Gasteiger partial charge in [0.1, 0.15) is 5.56 Å². The lowest BCUT2D eigenvalue weighted by Crippen LogP contribution is -2.45. The van der Waals surface area contributed by atoms with Gasteiger partial charge in [-0.15, -0.1) is 11.6 Å². The molecule has 1 unspecified atom stereocenters. The number of carbonyl (C=O) groups excluding carboxylic acids is 1. The number of alkyl halides is 1. The van der Waals surface area contributed by atoms with E-state index in [4.69, 9.17) is 11.6 Å². The molecule has 1 aliphatic rings. The van der Waals surface area contributed by atoms with E-state index in [0.717, 1.165) is 12.8 Å². The van der Waals surface area contributed by atoms with Crippen LogP contribution in [0.25, 0.3) is 0 Å². The molecule has 0 radical (unpaired) electrons. The van der Waals surface area contributed by atoms with Crippen molar-refractivity contribution in [2.24, 2.45) is 0 Å². The average Bonchev–Trinajstić information content (AvgIpc) is 2.48. The second-order valence-corrected chi connectivity index (χ2v) is 5.15. The number of halogens is 3. The Morgan fingerprint density at radius 2 is 2.05 bits per heavy atom. The summed E-state index contributed by atoms with van der Waals surface area (Å²) in [7, 11) is 0. The Balaban J connectivity index is 2.42. The first-order chi connectivity index (χ1) is 9.95. The summed E-state index contributed by atoms with van der Waals surface area (Å²) < 4.78 is 26.5. The number of piperidine rings is 1. The molecule has 1 saturated heterocycles. The predicted octanol–water partition coefficient (Wildman–Crippen LogP) is 3.11. The number of benzene rings is 1. The minimum atomic E-state index is -1.36. The Morgan fingerprint density at radius 1 is 1.38 bits per heavy atom. The maximum atomic E-state index is 13.3. The largest absolute Gasteiger partial charge is 0.334 e. The molecule has 0 spiro atoms. The summed E-state index contributed by atoms with van der Waals surface area (Å²) in [6.07, 6.45) is 2.34. The zero-order chi connectivity index (χ0) is 15.6. The Kier molecular flexibility index (Phi) is 4.72. The molecular weight excluding hydrogens is 306 g/mol. The Hall–Kier alpha value is -1.76. The summed E-state index contributed by atoms with van der Waals surface area (Å²) in [5, 5.41) is 10.9. The summed E-state index contributed by atoms with van der Waals surface area (Å²) in [5.74, 6) is -3.14. The van der Waals surface area contributed by atoms with Crippen molar-refractivity contribution in [1.82, 2.24) is 4.90 Å². The van der Waals surface area contributed by atoms with Gasteiger partial charge in [0.05, 0.1) is 11.0 Å². The van der Waals surface area contributed by atoms with Crippen molar-refractivity contribution >= 4 is 23.2 Å². The second-order valence-electron chi connectivity index (χ2n) is 4.84. The number of carbonyl (C=O) groups is 1. The van der Waals surface area contributed by atoms with Crippen molar-refractivity contribution in [3.63, 3.8) is 0 Å². The van der Waals surface area contributed by atoms with E-state index in [9.17, 15) is 23.7 Å². The third-order valence-corrected chi connectivity index (χ3v) is 3.89. The van der Waals surface area contributed by atoms with Crippen LogP contribution in [0.3, 0.4) is 0 Å². The van der Waals surface area contributed by atoms with Crippen LogP contribution >= 0.6 is 11.6 Å². The Morgan fingerprint density at radius 3 is 2.67 bits per heavy atom. The summed E-state index contributed by atoms with van der Waals surface area (Å²) in [6.45, 7) is 0.395. The van der Waals surface area contributed by atoms with E-state index in [2.05, 4.69) is 0 Å². The first-order valence-electron chi connectivity index (χ1n) is 6.46. The molecular formula is C13H13ClF2N2O3. The molecule has 8 heteroatoms. The molecule has 1 aromatic carbocycles. The number of likely N-dealkylation sites (tertiary alicyclic amines) is 1. The van der Waals surface area contributed by atoms with Crippen molar-refractivity contribution in [2.75, 3.05) is 12.4 Å². The summed E-state index contributed by atoms with van der Waals surface area (Å²) >= 11 is 5.80. The molecule has 0 aromatic heterocycles. The van der Waals surface area contributed by atoms with E-state index >= 15 is 0 Å². The molecule has 114 valence electrons. The van der Waals surface area contributed by atoms with Crippen molar-refractivity contribution in [1.29, 1.82) is 0 Å². The van der Waals surface area contributed by atoms with Gasteiger partial charge in [-0.1, -0.05) is 0 Å². The quantitative estimate of drug-likeness (QED) is 0.488. The van der Waals surface area contributed by atoms with E-state index in [-0.39, 0.29) is 11.9 Å². The number of amides is 1. The van der Waals surface area contributed by atoms with Crippen molar-refractivity contribution in [3.05, 3.63) is 39.4 Å². The van der Waals surface area contributed by atoms with Crippen molar-refractivity contribution in [2.45, 2.75) is 25.3 Å². The van der Waals surface area contributed by atoms with E-state index in [1.54, 1.807) is 0 Å². The lowest BCUT2D eigenvalue weighted by Gasteiger charge is -2.34. The van der Waals surface area contributed by atoms with Crippen LogP contribution in [0, 0.1) is 21.7 Å². The van der Waals surface area contributed by atoms with Crippen LogP contribution in [0.4, 0.5) is 14.5 Å². The highest BCUT2D eigenvalue weighted by Gasteiger charge is 2.32. The standard InChI is InChI=1S/C13H13ClF2N2O3/c14-7-8-3-1-2-4-17(8)13(19)9-5-10(15)11(16)6-12(9)18(20)21/h5-6,8H,1-4,7H2. The third-order valence-electron chi connectivity index (χ3n) is 3.53. The fraction of sp³-hybridized carbons (Fsp3) is 0.462. The van der Waals surface area contributed by atoms with Gasteiger partial charge in [0.15, 0.2) is 11.6 Å². The number of hydrogen-bond donors (Lipinski definition) is 0. The highest BCUT2D eigenvalue weighted by atomic mass is 35.5. The van der Waals surface area contributed by atoms with Gasteiger partial charge in [0.25, 0.3) is 11.6 Å². The van der Waals surface area contributed by atoms with Gasteiger partial charge in [0.2, 0.25) is 0 Å². The van der Waals surface area contributed by atoms with E-state index in [1.807, 2.05) is 0 Å². The third kappa shape index (κ3) is 3.12. The van der Waals surface area contributed by atoms with Crippen molar-refractivity contribution in [3.8, 4) is 0 Å². The smallest absolute Gasteiger partial charge is 0.285 e. The lowest BCUT2D eigenvalue weighted by atomic mass is 10.0. The Labute approximate surface area is 124 Å². The van der Waals surface area contributed by atoms with E-state index in [1.165, 1.54) is 4.90 Å². The number of rotatable bonds is 3. The SMILES string of the molecule is O=C(c1cc(F)c(F)cc1[N+](=O)[O-])N1CCCCC1CCl. The maximum absolute atomic E-state index is 13.3. The number of nitro groups is 1. The number of nitro benzene ring substituents is 1. The van der Waals surface area contributed by atoms with Gasteiger partial charge in [-0.25, -0.2) is 8.78 Å². The Bertz CT molecular complexity index is 583. The molecule has 1 heterocycles. The monoisotopic (exact) mass is 318 g/mol. The van der Waals surface area contributed by atoms with Crippen LogP contribution in [0.2, 0.25) is 0 Å². The topological polar surface area (TPSA) is 63.4 Å². The van der Waals surface area contributed by atoms with E-state index < -0.39 is 33.7 Å². The van der Waals surface area contributed by atoms with Crippen LogP contribution in [-0.2, 0) is 0 Å². The second kappa shape index (κ2) is 6.34. The molecule has 0 N–H and O–H groups in total. The predicted molar refractivity (Wildman–Crippen MR) is 72.4 cm³/mol. The number of nitrogens with zero attached hydrogens (tertiary/aromatic N) is 2. The van der Waals surface area contributed by atoms with Crippen LogP contribution in [0.5, 0.6) is 0 Å². The summed E-state index contributed by atoms with van der Waals surface area (Å²) in [4.78, 5) is 23.9. The zero-order valence-electron chi connectivity index (χ0n) is 11.0. The molecule has 1 amide bonds. The minimum Gasteiger partial charge on any atom is -0.334 e. The van der Waals surface area contributed by atoms with E-state index in [0.29, 0.717) is 25.1 Å². The summed E-state index contributed by atoms with van der Waals surface area (Å²) in [6, 6.07) is 0.762. The zero-order valence-corrected chi connectivity index (χ0v) is 11.8. The van der Waals surface area contributed by atoms with Crippen LogP contribution in [0.15, 0.2) is 12.1 Å². The molecule has 0 bridgehead atoms. The van der Waals surface area contributed by atoms with Crippen molar-refractivity contribution < 1.29 is 18.5 Å². The lowest BCUT2D eigenvalue weighted by molar-refractivity contribution is -0.385. The van der Waals surface area contributed by atoms with Gasteiger partial charge in [-0.05, 0) is 25.3 Å². The highest BCUT2D eigenvalue weighted by molar-refractivity contribution is 6.18. The summed E-state index contributed by atoms with van der Waals surface area (Å²) in [5.41, 5.74) is -1.19. The minimum absolute atomic E-state index is 0.198. The van der Waals surface area contributed by atoms with Crippen LogP contribution < -0.4 is 0 Å². The maximum Gasteiger partial charge on any atom is 0.285 e. The van der Waals surface area contributed by atoms with Gasteiger partial charge in [-0.3, -0.25) is 14.9 Å². The van der Waals surface area contributed by atoms with Gasteiger partial charge in [-0.2, -0.15) is 0 Å². The molecule has 2 rings (SSSR count). The number of hydrogen-bond acceptors (Lipinski definition) is 3. The molecule has 0 aliphatic carbocycles. The highest BCUT2D eigenvalue weighted by Crippen LogP contribution is 2.27. The first kappa shape index (κ1) is 15.6.